The van der Waals surface area contributed by atoms with Crippen LogP contribution >= 0.6 is 0 Å². The van der Waals surface area contributed by atoms with Gasteiger partial charge in [-0.05, 0) is 70.6 Å². The lowest BCUT2D eigenvalue weighted by Gasteiger charge is -2.46. The number of ether oxygens (including phenoxy) is 4. The van der Waals surface area contributed by atoms with E-state index in [1.54, 1.807) is 6.08 Å². The van der Waals surface area contributed by atoms with E-state index in [1.165, 1.54) is 295 Å². The van der Waals surface area contributed by atoms with Gasteiger partial charge in [0.25, 0.3) is 0 Å². The Morgan fingerprint density at radius 2 is 0.686 bits per heavy atom. The summed E-state index contributed by atoms with van der Waals surface area (Å²) in [5.41, 5.74) is 0. The van der Waals surface area contributed by atoms with Gasteiger partial charge in [-0.15, -0.1) is 0 Å². The zero-order valence-corrected chi connectivity index (χ0v) is 65.6. The highest BCUT2D eigenvalue weighted by Crippen LogP contribution is 2.30. The van der Waals surface area contributed by atoms with Crippen molar-refractivity contribution in [3.63, 3.8) is 0 Å². The number of unbranched alkanes of at least 4 members (excludes halogenated alkanes) is 50. The fraction of sp³-hybridized carbons (Fsp3) is 0.852. The standard InChI is InChI=1S/C88H161NO13/c1-3-5-7-9-11-13-15-17-19-21-23-25-27-29-31-33-35-36-37-38-39-40-42-44-46-48-50-52-54-56-58-60-62-64-66-68-70-72-80(93)89-76(75-99-87-85(98)83(96)86(79(74-91)101-87)102-88-84(97)82(95)81(94)78(73-90)100-88)77(92)71-69-67-65-63-61-59-57-55-53-51-49-47-45-43-41-34-32-30-28-26-24-22-20-18-16-14-12-10-8-6-4-2/h5,7,11,13,17,19,23,25,61,63,69,71,76-79,81-88,90-92,94-98H,3-4,6,8-10,12,14-16,18,20-22,24,26-60,62,64-68,70,72-75H2,1-2H3,(H,89,93)/b7-5-,13-11-,19-17-,25-23-,63-61+,71-69+. The van der Waals surface area contributed by atoms with Gasteiger partial charge in [-0.25, -0.2) is 0 Å². The SMILES string of the molecule is CC/C=C\C/C=C\C/C=C\C/C=C\CCCCCCCCCCCCCCCCCCCCCCCCCCC(=O)NC(COC1OC(CO)C(OC2OC(CO)C(O)C(O)C2O)C(O)C1O)C(O)/C=C/CC/C=C/CCCCCCCCCCCCCCCCCCCCCCCCCCC. The van der Waals surface area contributed by atoms with Gasteiger partial charge in [-0.3, -0.25) is 4.79 Å². The van der Waals surface area contributed by atoms with Crippen molar-refractivity contribution in [2.75, 3.05) is 19.8 Å². The van der Waals surface area contributed by atoms with Crippen LogP contribution in [0.15, 0.2) is 72.9 Å². The molecule has 0 radical (unpaired) electrons. The van der Waals surface area contributed by atoms with E-state index in [0.29, 0.717) is 12.8 Å². The van der Waals surface area contributed by atoms with Crippen molar-refractivity contribution in [2.24, 2.45) is 0 Å². The normalized spacial score (nSPS) is 22.0. The van der Waals surface area contributed by atoms with Gasteiger partial charge in [0.2, 0.25) is 5.91 Å². The van der Waals surface area contributed by atoms with Crippen LogP contribution in [0.25, 0.3) is 0 Å². The monoisotopic (exact) mass is 1440 g/mol. The lowest BCUT2D eigenvalue weighted by atomic mass is 9.97. The third kappa shape index (κ3) is 53.3. The second-order valence-corrected chi connectivity index (χ2v) is 30.3. The third-order valence-corrected chi connectivity index (χ3v) is 20.9. The molecule has 0 saturated carbocycles. The number of aliphatic hydroxyl groups excluding tert-OH is 8. The Hall–Kier alpha value is -2.57. The average Bonchev–Trinajstić information content (AvgIpc) is 0.790. The van der Waals surface area contributed by atoms with Crippen LogP contribution in [0.2, 0.25) is 0 Å². The first kappa shape index (κ1) is 95.5. The van der Waals surface area contributed by atoms with Gasteiger partial charge < -0.3 is 65.1 Å². The summed E-state index contributed by atoms with van der Waals surface area (Å²) in [5, 5.41) is 87.8. The van der Waals surface area contributed by atoms with E-state index < -0.39 is 86.8 Å². The second kappa shape index (κ2) is 71.4. The number of hydrogen-bond donors (Lipinski definition) is 9. The highest BCUT2D eigenvalue weighted by atomic mass is 16.7. The summed E-state index contributed by atoms with van der Waals surface area (Å²) < 4.78 is 22.9. The van der Waals surface area contributed by atoms with Crippen molar-refractivity contribution in [1.82, 2.24) is 5.32 Å². The Morgan fingerprint density at radius 1 is 0.363 bits per heavy atom. The van der Waals surface area contributed by atoms with Crippen molar-refractivity contribution < 1.29 is 64.6 Å². The van der Waals surface area contributed by atoms with Crippen LogP contribution < -0.4 is 5.32 Å². The van der Waals surface area contributed by atoms with Gasteiger partial charge in [0, 0.05) is 6.42 Å². The van der Waals surface area contributed by atoms with Crippen molar-refractivity contribution in [3.8, 4) is 0 Å². The first-order valence-corrected chi connectivity index (χ1v) is 43.2. The fourth-order valence-corrected chi connectivity index (χ4v) is 14.1. The molecule has 14 heteroatoms. The third-order valence-electron chi connectivity index (χ3n) is 20.9. The number of rotatable bonds is 73. The Labute approximate surface area is 625 Å². The summed E-state index contributed by atoms with van der Waals surface area (Å²) in [7, 11) is 0. The predicted molar refractivity (Wildman–Crippen MR) is 424 cm³/mol. The van der Waals surface area contributed by atoms with Crippen LogP contribution in [0.5, 0.6) is 0 Å². The molecule has 2 fully saturated rings. The number of hydrogen-bond acceptors (Lipinski definition) is 13. The summed E-state index contributed by atoms with van der Waals surface area (Å²) in [4.78, 5) is 13.4. The Morgan fingerprint density at radius 3 is 1.08 bits per heavy atom. The molecule has 2 rings (SSSR count). The molecule has 2 heterocycles. The molecule has 12 unspecified atom stereocenters. The molecule has 0 spiro atoms. The van der Waals surface area contributed by atoms with Crippen LogP contribution in [0.1, 0.15) is 386 Å². The van der Waals surface area contributed by atoms with E-state index in [0.717, 1.165) is 57.8 Å². The molecular formula is C88H161NO13. The molecule has 0 aromatic carbocycles. The number of nitrogens with one attached hydrogen (secondary N) is 1. The van der Waals surface area contributed by atoms with E-state index in [1.807, 2.05) is 6.08 Å². The number of carbonyl (C=O) groups is 1. The molecule has 9 N–H and O–H groups in total. The summed E-state index contributed by atoms with van der Waals surface area (Å²) in [5.74, 6) is -0.242. The molecular weight excluding hydrogens is 1280 g/mol. The summed E-state index contributed by atoms with van der Waals surface area (Å²) in [6.45, 7) is 2.73. The molecule has 2 aliphatic rings. The number of amides is 1. The lowest BCUT2D eigenvalue weighted by Crippen LogP contribution is -2.65. The van der Waals surface area contributed by atoms with E-state index >= 15 is 0 Å². The highest BCUT2D eigenvalue weighted by Gasteiger charge is 2.51. The van der Waals surface area contributed by atoms with Gasteiger partial charge in [0.05, 0.1) is 32.0 Å². The molecule has 12 atom stereocenters. The number of carbonyl (C=O) groups excluding carboxylic acids is 1. The molecule has 596 valence electrons. The topological polar surface area (TPSA) is 228 Å². The van der Waals surface area contributed by atoms with Gasteiger partial charge >= 0.3 is 0 Å². The fourth-order valence-electron chi connectivity index (χ4n) is 14.1. The minimum absolute atomic E-state index is 0.242. The van der Waals surface area contributed by atoms with Gasteiger partial charge in [-0.2, -0.15) is 0 Å². The number of allylic oxidation sites excluding steroid dienone is 11. The van der Waals surface area contributed by atoms with Crippen molar-refractivity contribution >= 4 is 5.91 Å². The van der Waals surface area contributed by atoms with Crippen LogP contribution in [-0.2, 0) is 23.7 Å². The Balaban J connectivity index is 1.59. The molecule has 102 heavy (non-hydrogen) atoms. The maximum Gasteiger partial charge on any atom is 0.220 e. The molecule has 2 saturated heterocycles. The smallest absolute Gasteiger partial charge is 0.220 e. The number of aliphatic hydroxyl groups is 8. The van der Waals surface area contributed by atoms with Crippen molar-refractivity contribution in [1.29, 1.82) is 0 Å². The molecule has 0 aromatic heterocycles. The van der Waals surface area contributed by atoms with E-state index in [2.05, 4.69) is 79.9 Å². The minimum atomic E-state index is -1.79. The lowest BCUT2D eigenvalue weighted by molar-refractivity contribution is -0.359. The van der Waals surface area contributed by atoms with Crippen LogP contribution in [0.4, 0.5) is 0 Å². The predicted octanol–water partition coefficient (Wildman–Crippen LogP) is 20.5. The van der Waals surface area contributed by atoms with Gasteiger partial charge in [-0.1, -0.05) is 382 Å². The summed E-state index contributed by atoms with van der Waals surface area (Å²) in [6.07, 6.45) is 83.0. The average molecular weight is 1440 g/mol. The maximum atomic E-state index is 13.4. The maximum absolute atomic E-state index is 13.4. The van der Waals surface area contributed by atoms with Crippen molar-refractivity contribution in [3.05, 3.63) is 72.9 Å². The zero-order chi connectivity index (χ0) is 73.7. The van der Waals surface area contributed by atoms with Crippen molar-refractivity contribution in [2.45, 2.75) is 460 Å². The quantitative estimate of drug-likeness (QED) is 0.0204. The highest BCUT2D eigenvalue weighted by molar-refractivity contribution is 5.76. The van der Waals surface area contributed by atoms with Gasteiger partial charge in [0.15, 0.2) is 12.6 Å². The molecule has 0 aliphatic carbocycles. The van der Waals surface area contributed by atoms with Crippen LogP contribution in [0.3, 0.4) is 0 Å². The van der Waals surface area contributed by atoms with Crippen LogP contribution in [0, 0.1) is 0 Å². The summed E-state index contributed by atoms with van der Waals surface area (Å²) in [6, 6.07) is -0.935. The van der Waals surface area contributed by atoms with Crippen LogP contribution in [-0.4, -0.2) is 140 Å². The minimum Gasteiger partial charge on any atom is -0.394 e. The first-order valence-electron chi connectivity index (χ1n) is 43.2. The first-order chi connectivity index (χ1) is 50.1. The molecule has 1 amide bonds. The second-order valence-electron chi connectivity index (χ2n) is 30.3. The Kier molecular flexibility index (Phi) is 66.8. The summed E-state index contributed by atoms with van der Waals surface area (Å²) >= 11 is 0. The largest absolute Gasteiger partial charge is 0.394 e. The molecule has 14 nitrogen and oxygen atoms in total. The molecule has 0 bridgehead atoms. The van der Waals surface area contributed by atoms with E-state index in [9.17, 15) is 45.6 Å². The zero-order valence-electron chi connectivity index (χ0n) is 65.6. The van der Waals surface area contributed by atoms with Gasteiger partial charge in [0.1, 0.15) is 48.8 Å². The molecule has 2 aliphatic heterocycles. The Bertz CT molecular complexity index is 1990. The molecule has 0 aromatic rings. The van der Waals surface area contributed by atoms with E-state index in [4.69, 9.17) is 18.9 Å². The van der Waals surface area contributed by atoms with E-state index in [-0.39, 0.29) is 18.9 Å².